The van der Waals surface area contributed by atoms with E-state index in [0.717, 1.165) is 33.9 Å². The Morgan fingerprint density at radius 3 is 1.44 bits per heavy atom. The quantitative estimate of drug-likeness (QED) is 0.141. The van der Waals surface area contributed by atoms with Gasteiger partial charge in [0.15, 0.2) is 0 Å². The van der Waals surface area contributed by atoms with Crippen molar-refractivity contribution in [2.75, 3.05) is 4.90 Å². The minimum Gasteiger partial charge on any atom is -0.310 e. The normalized spacial score (nSPS) is 11.3. The van der Waals surface area contributed by atoms with Crippen LogP contribution in [0.2, 0.25) is 0 Å². The largest absolute Gasteiger partial charge is 0.310 e. The van der Waals surface area contributed by atoms with Gasteiger partial charge in [0.1, 0.15) is 0 Å². The topological polar surface area (TPSA) is 8.17 Å². The second-order valence-corrected chi connectivity index (χ2v) is 17.0. The van der Waals surface area contributed by atoms with Crippen molar-refractivity contribution >= 4 is 49.6 Å². The minimum atomic E-state index is 1.08. The molecule has 310 valence electrons. The highest BCUT2D eigenvalue weighted by atomic mass is 15.1. The van der Waals surface area contributed by atoms with Crippen molar-refractivity contribution in [2.45, 2.75) is 0 Å². The molecule has 1 heterocycles. The zero-order valence-corrected chi connectivity index (χ0v) is 36.3. The molecule has 12 aromatic rings. The van der Waals surface area contributed by atoms with Gasteiger partial charge in [-0.05, 0) is 139 Å². The van der Waals surface area contributed by atoms with Gasteiger partial charge in [0.25, 0.3) is 0 Å². The first kappa shape index (κ1) is 38.9. The molecule has 0 amide bonds. The van der Waals surface area contributed by atoms with E-state index in [4.69, 9.17) is 0 Å². The monoisotopic (exact) mass is 840 g/mol. The van der Waals surface area contributed by atoms with E-state index in [-0.39, 0.29) is 0 Å². The fourth-order valence-corrected chi connectivity index (χ4v) is 9.70. The van der Waals surface area contributed by atoms with Crippen molar-refractivity contribution < 1.29 is 0 Å². The molecule has 0 aliphatic rings. The molecule has 0 atom stereocenters. The first-order valence-corrected chi connectivity index (χ1v) is 22.7. The smallest absolute Gasteiger partial charge is 0.0547 e. The van der Waals surface area contributed by atoms with Crippen molar-refractivity contribution in [2.24, 2.45) is 0 Å². The van der Waals surface area contributed by atoms with Crippen LogP contribution in [0, 0.1) is 0 Å². The summed E-state index contributed by atoms with van der Waals surface area (Å²) in [6.07, 6.45) is 0. The number of nitrogens with zero attached hydrogens (tertiary/aromatic N) is 2. The van der Waals surface area contributed by atoms with Crippen molar-refractivity contribution in [1.29, 1.82) is 0 Å². The number of fused-ring (bicyclic) bond motifs is 4. The van der Waals surface area contributed by atoms with Crippen molar-refractivity contribution in [1.82, 2.24) is 4.57 Å². The predicted molar refractivity (Wildman–Crippen MR) is 280 cm³/mol. The lowest BCUT2D eigenvalue weighted by atomic mass is 9.90. The van der Waals surface area contributed by atoms with E-state index in [9.17, 15) is 0 Å². The van der Waals surface area contributed by atoms with Gasteiger partial charge in [-0.25, -0.2) is 0 Å². The molecule has 66 heavy (non-hydrogen) atoms. The van der Waals surface area contributed by atoms with E-state index in [1.165, 1.54) is 77.1 Å². The number of rotatable bonds is 9. The summed E-state index contributed by atoms with van der Waals surface area (Å²) < 4.78 is 2.41. The molecule has 0 aliphatic carbocycles. The fourth-order valence-electron chi connectivity index (χ4n) is 9.70. The second kappa shape index (κ2) is 16.8. The minimum absolute atomic E-state index is 1.08. The molecular formula is C64H44N2. The molecule has 0 spiro atoms. The number of hydrogen-bond acceptors (Lipinski definition) is 1. The summed E-state index contributed by atoms with van der Waals surface area (Å²) in [5.41, 5.74) is 18.6. The van der Waals surface area contributed by atoms with Gasteiger partial charge in [0.2, 0.25) is 0 Å². The molecular weight excluding hydrogens is 797 g/mol. The molecule has 0 aliphatic heterocycles. The van der Waals surface area contributed by atoms with E-state index in [2.05, 4.69) is 276 Å². The van der Waals surface area contributed by atoms with E-state index in [1.54, 1.807) is 0 Å². The van der Waals surface area contributed by atoms with Gasteiger partial charge in [0, 0.05) is 33.5 Å². The molecule has 0 saturated carbocycles. The van der Waals surface area contributed by atoms with Crippen molar-refractivity contribution in [3.63, 3.8) is 0 Å². The Kier molecular flexibility index (Phi) is 9.89. The standard InChI is InChI=1S/C64H44N2/c1-4-15-45(16-5-1)48-29-35-56(36-30-48)65(57-37-31-49(32-38-57)46-17-6-2-7-18-46)58-24-14-21-53(42-58)59-39-33-52(51-28-27-47-19-10-11-20-50(47)41-51)43-62(59)54-34-40-61-60-25-12-13-26-63(60)66(64(61)44-54)55-22-8-3-9-23-55/h1-44H. The van der Waals surface area contributed by atoms with Gasteiger partial charge in [-0.3, -0.25) is 0 Å². The summed E-state index contributed by atoms with van der Waals surface area (Å²) in [7, 11) is 0. The molecule has 1 aromatic heterocycles. The van der Waals surface area contributed by atoms with Crippen LogP contribution in [0.4, 0.5) is 17.1 Å². The van der Waals surface area contributed by atoms with Gasteiger partial charge in [0.05, 0.1) is 11.0 Å². The average Bonchev–Trinajstić information content (AvgIpc) is 3.73. The molecule has 0 unspecified atom stereocenters. The number of aromatic nitrogens is 1. The maximum absolute atomic E-state index is 2.41. The molecule has 2 heteroatoms. The molecule has 2 nitrogen and oxygen atoms in total. The number of para-hydroxylation sites is 2. The Labute approximate surface area is 385 Å². The molecule has 0 bridgehead atoms. The maximum atomic E-state index is 2.41. The third kappa shape index (κ3) is 7.21. The predicted octanol–water partition coefficient (Wildman–Crippen LogP) is 17.7. The number of benzene rings is 11. The molecule has 12 rings (SSSR count). The molecule has 0 N–H and O–H groups in total. The Bertz CT molecular complexity index is 3580. The Hall–Kier alpha value is -8.72. The first-order chi connectivity index (χ1) is 32.7. The van der Waals surface area contributed by atoms with E-state index >= 15 is 0 Å². The molecule has 0 saturated heterocycles. The van der Waals surface area contributed by atoms with Crippen LogP contribution in [0.1, 0.15) is 0 Å². The van der Waals surface area contributed by atoms with Crippen LogP contribution in [0.3, 0.4) is 0 Å². The lowest BCUT2D eigenvalue weighted by Crippen LogP contribution is -2.10. The van der Waals surface area contributed by atoms with E-state index in [0.29, 0.717) is 0 Å². The van der Waals surface area contributed by atoms with Crippen molar-refractivity contribution in [3.05, 3.63) is 267 Å². The molecule has 0 fully saturated rings. The lowest BCUT2D eigenvalue weighted by molar-refractivity contribution is 1.18. The summed E-state index contributed by atoms with van der Waals surface area (Å²) in [4.78, 5) is 2.38. The number of hydrogen-bond donors (Lipinski definition) is 0. The molecule has 11 aromatic carbocycles. The molecule has 0 radical (unpaired) electrons. The third-order valence-corrected chi connectivity index (χ3v) is 13.0. The van der Waals surface area contributed by atoms with Crippen LogP contribution in [0.5, 0.6) is 0 Å². The summed E-state index contributed by atoms with van der Waals surface area (Å²) in [6.45, 7) is 0. The van der Waals surface area contributed by atoms with Gasteiger partial charge < -0.3 is 9.47 Å². The Morgan fingerprint density at radius 2 is 0.742 bits per heavy atom. The third-order valence-electron chi connectivity index (χ3n) is 13.0. The van der Waals surface area contributed by atoms with Crippen LogP contribution in [0.15, 0.2) is 267 Å². The SMILES string of the molecule is c1ccc(-c2ccc(N(c3ccc(-c4ccccc4)cc3)c3cccc(-c4ccc(-c5ccc6ccccc6c5)cc4-c4ccc5c6ccccc6n(-c6ccccc6)c5c4)c3)cc2)cc1. The zero-order valence-electron chi connectivity index (χ0n) is 36.3. The van der Waals surface area contributed by atoms with Crippen LogP contribution in [-0.2, 0) is 0 Å². The summed E-state index contributed by atoms with van der Waals surface area (Å²) in [6, 6.07) is 97.0. The van der Waals surface area contributed by atoms with E-state index < -0.39 is 0 Å². The lowest BCUT2D eigenvalue weighted by Gasteiger charge is -2.27. The van der Waals surface area contributed by atoms with E-state index in [1.807, 2.05) is 0 Å². The summed E-state index contributed by atoms with van der Waals surface area (Å²) in [5.74, 6) is 0. The first-order valence-electron chi connectivity index (χ1n) is 22.7. The second-order valence-electron chi connectivity index (χ2n) is 17.0. The van der Waals surface area contributed by atoms with Gasteiger partial charge in [-0.2, -0.15) is 0 Å². The van der Waals surface area contributed by atoms with Crippen LogP contribution in [0.25, 0.3) is 93.9 Å². The van der Waals surface area contributed by atoms with Crippen LogP contribution < -0.4 is 4.90 Å². The Balaban J connectivity index is 1.03. The summed E-state index contributed by atoms with van der Waals surface area (Å²) in [5, 5.41) is 4.95. The van der Waals surface area contributed by atoms with Crippen LogP contribution >= 0.6 is 0 Å². The van der Waals surface area contributed by atoms with Crippen LogP contribution in [-0.4, -0.2) is 4.57 Å². The van der Waals surface area contributed by atoms with Gasteiger partial charge in [-0.15, -0.1) is 0 Å². The average molecular weight is 841 g/mol. The number of anilines is 3. The Morgan fingerprint density at radius 1 is 0.242 bits per heavy atom. The highest BCUT2D eigenvalue weighted by Gasteiger charge is 2.19. The van der Waals surface area contributed by atoms with Gasteiger partial charge in [-0.1, -0.05) is 194 Å². The van der Waals surface area contributed by atoms with Crippen molar-refractivity contribution in [3.8, 4) is 61.3 Å². The highest BCUT2D eigenvalue weighted by molar-refractivity contribution is 6.10. The maximum Gasteiger partial charge on any atom is 0.0547 e. The zero-order chi connectivity index (χ0) is 43.8. The summed E-state index contributed by atoms with van der Waals surface area (Å²) >= 11 is 0. The fraction of sp³-hybridized carbons (Fsp3) is 0. The van der Waals surface area contributed by atoms with Gasteiger partial charge >= 0.3 is 0 Å². The highest BCUT2D eigenvalue weighted by Crippen LogP contribution is 2.43.